The van der Waals surface area contributed by atoms with Gasteiger partial charge in [0.1, 0.15) is 0 Å². The van der Waals surface area contributed by atoms with Gasteiger partial charge in [0, 0.05) is 6.20 Å². The van der Waals surface area contributed by atoms with Crippen LogP contribution in [0.3, 0.4) is 0 Å². The summed E-state index contributed by atoms with van der Waals surface area (Å²) in [5, 5.41) is 10.7. The van der Waals surface area contributed by atoms with Crippen LogP contribution >= 0.6 is 0 Å². The number of nitrogen functional groups attached to an aromatic ring is 1. The number of hydrazine groups is 1. The molecule has 0 fully saturated rings. The van der Waals surface area contributed by atoms with E-state index in [1.165, 1.54) is 0 Å². The molecule has 2 aromatic rings. The van der Waals surface area contributed by atoms with E-state index in [1.807, 2.05) is 13.0 Å². The third-order valence-electron chi connectivity index (χ3n) is 2.07. The molecule has 0 aromatic carbocycles. The van der Waals surface area contributed by atoms with Crippen LogP contribution in [0.15, 0.2) is 18.3 Å². The number of nitrogens with two attached hydrogens (primary N) is 1. The molecule has 0 amide bonds. The molecule has 100 valence electrons. The Bertz CT molecular complexity index is 520. The molecule has 19 heavy (non-hydrogen) atoms. The van der Waals surface area contributed by atoms with Crippen molar-refractivity contribution >= 4 is 11.9 Å². The molecule has 4 N–H and O–H groups in total. The van der Waals surface area contributed by atoms with Gasteiger partial charge in [-0.25, -0.2) is 5.84 Å². The quantitative estimate of drug-likeness (QED) is 0.485. The second-order valence-corrected chi connectivity index (χ2v) is 3.41. The maximum absolute atomic E-state index is 5.28. The summed E-state index contributed by atoms with van der Waals surface area (Å²) in [5.74, 6) is 5.85. The van der Waals surface area contributed by atoms with Crippen LogP contribution < -0.4 is 21.3 Å². The van der Waals surface area contributed by atoms with Gasteiger partial charge in [-0.1, -0.05) is 0 Å². The van der Waals surface area contributed by atoms with Crippen LogP contribution in [0.25, 0.3) is 0 Å². The largest absolute Gasteiger partial charge is 0.464 e. The van der Waals surface area contributed by atoms with E-state index in [-0.39, 0.29) is 12.0 Å². The Kier molecular flexibility index (Phi) is 4.34. The topological polar surface area (TPSA) is 124 Å². The smallest absolute Gasteiger partial charge is 0.323 e. The SMILES string of the molecule is CCOc1nc(NN)nc(NCc2cccnn2)n1. The van der Waals surface area contributed by atoms with Gasteiger partial charge in [0.15, 0.2) is 0 Å². The Morgan fingerprint density at radius 1 is 1.26 bits per heavy atom. The average Bonchev–Trinajstić information content (AvgIpc) is 2.46. The number of rotatable bonds is 6. The second-order valence-electron chi connectivity index (χ2n) is 3.41. The maximum atomic E-state index is 5.28. The summed E-state index contributed by atoms with van der Waals surface area (Å²) in [4.78, 5) is 12.1. The number of hydrogen-bond donors (Lipinski definition) is 3. The highest BCUT2D eigenvalue weighted by atomic mass is 16.5. The van der Waals surface area contributed by atoms with Gasteiger partial charge in [-0.05, 0) is 19.1 Å². The third-order valence-corrected chi connectivity index (χ3v) is 2.07. The predicted molar refractivity (Wildman–Crippen MR) is 68.2 cm³/mol. The van der Waals surface area contributed by atoms with E-state index in [2.05, 4.69) is 35.9 Å². The molecular formula is C10H14N8O. The minimum Gasteiger partial charge on any atom is -0.464 e. The summed E-state index contributed by atoms with van der Waals surface area (Å²) < 4.78 is 5.22. The Balaban J connectivity index is 2.08. The first-order valence-electron chi connectivity index (χ1n) is 5.67. The zero-order chi connectivity index (χ0) is 13.5. The van der Waals surface area contributed by atoms with E-state index in [4.69, 9.17) is 10.6 Å². The van der Waals surface area contributed by atoms with Crippen molar-refractivity contribution in [1.82, 2.24) is 25.1 Å². The van der Waals surface area contributed by atoms with E-state index in [9.17, 15) is 0 Å². The van der Waals surface area contributed by atoms with E-state index in [0.29, 0.717) is 19.1 Å². The summed E-state index contributed by atoms with van der Waals surface area (Å²) in [7, 11) is 0. The molecule has 0 bridgehead atoms. The van der Waals surface area contributed by atoms with Gasteiger partial charge in [0.25, 0.3) is 0 Å². The molecule has 0 aliphatic rings. The number of anilines is 2. The summed E-state index contributed by atoms with van der Waals surface area (Å²) in [6.07, 6.45) is 1.61. The maximum Gasteiger partial charge on any atom is 0.323 e. The molecule has 2 rings (SSSR count). The molecular weight excluding hydrogens is 248 g/mol. The molecule has 0 saturated heterocycles. The number of hydrogen-bond acceptors (Lipinski definition) is 9. The van der Waals surface area contributed by atoms with Crippen molar-refractivity contribution < 1.29 is 4.74 Å². The fraction of sp³-hybridized carbons (Fsp3) is 0.300. The minimum absolute atomic E-state index is 0.201. The summed E-state index contributed by atoms with van der Waals surface area (Å²) in [5.41, 5.74) is 3.12. The molecule has 2 aromatic heterocycles. The molecule has 0 unspecified atom stereocenters. The number of aromatic nitrogens is 5. The Labute approximate surface area is 109 Å². The summed E-state index contributed by atoms with van der Waals surface area (Å²) in [6, 6.07) is 3.84. The van der Waals surface area contributed by atoms with E-state index in [1.54, 1.807) is 12.3 Å². The predicted octanol–water partition coefficient (Wildman–Crippen LogP) is -0.0420. The van der Waals surface area contributed by atoms with Crippen molar-refractivity contribution in [3.63, 3.8) is 0 Å². The number of nitrogens with one attached hydrogen (secondary N) is 2. The van der Waals surface area contributed by atoms with Gasteiger partial charge in [-0.15, -0.1) is 0 Å². The van der Waals surface area contributed by atoms with Crippen molar-refractivity contribution in [2.45, 2.75) is 13.5 Å². The minimum atomic E-state index is 0.201. The highest BCUT2D eigenvalue weighted by Crippen LogP contribution is 2.10. The third kappa shape index (κ3) is 3.71. The number of nitrogens with zero attached hydrogens (tertiary/aromatic N) is 5. The highest BCUT2D eigenvalue weighted by molar-refractivity contribution is 5.35. The lowest BCUT2D eigenvalue weighted by Crippen LogP contribution is -2.14. The Morgan fingerprint density at radius 3 is 2.79 bits per heavy atom. The van der Waals surface area contributed by atoms with E-state index in [0.717, 1.165) is 5.69 Å². The molecule has 9 nitrogen and oxygen atoms in total. The van der Waals surface area contributed by atoms with Gasteiger partial charge in [0.2, 0.25) is 11.9 Å². The standard InChI is InChI=1S/C10H14N8O/c1-2-19-10-15-8(14-9(16-10)17-11)12-6-7-4-3-5-13-18-7/h3-5H,2,6,11H2,1H3,(H2,12,14,15,16,17). The first-order valence-corrected chi connectivity index (χ1v) is 5.67. The van der Waals surface area contributed by atoms with Crippen LogP contribution in [0.4, 0.5) is 11.9 Å². The molecule has 2 heterocycles. The highest BCUT2D eigenvalue weighted by Gasteiger charge is 2.06. The molecule has 0 saturated carbocycles. The van der Waals surface area contributed by atoms with Crippen LogP contribution in [0.5, 0.6) is 6.01 Å². The molecule has 0 aliphatic heterocycles. The number of ether oxygens (including phenoxy) is 1. The monoisotopic (exact) mass is 262 g/mol. The second kappa shape index (κ2) is 6.40. The van der Waals surface area contributed by atoms with Gasteiger partial charge in [-0.2, -0.15) is 25.1 Å². The van der Waals surface area contributed by atoms with Crippen molar-refractivity contribution in [1.29, 1.82) is 0 Å². The van der Waals surface area contributed by atoms with Crippen LogP contribution in [0.2, 0.25) is 0 Å². The Hall–Kier alpha value is -2.55. The first-order chi connectivity index (χ1) is 9.31. The summed E-state index contributed by atoms with van der Waals surface area (Å²) >= 11 is 0. The van der Waals surface area contributed by atoms with Gasteiger partial charge >= 0.3 is 6.01 Å². The lowest BCUT2D eigenvalue weighted by molar-refractivity contribution is 0.312. The van der Waals surface area contributed by atoms with Gasteiger partial charge < -0.3 is 10.1 Å². The molecule has 9 heteroatoms. The average molecular weight is 262 g/mol. The lowest BCUT2D eigenvalue weighted by Gasteiger charge is -2.07. The van der Waals surface area contributed by atoms with Crippen LogP contribution in [-0.2, 0) is 6.54 Å². The lowest BCUT2D eigenvalue weighted by atomic mass is 10.4. The molecule has 0 radical (unpaired) electrons. The van der Waals surface area contributed by atoms with Crippen molar-refractivity contribution in [3.05, 3.63) is 24.0 Å². The van der Waals surface area contributed by atoms with Crippen molar-refractivity contribution in [2.75, 3.05) is 17.3 Å². The van der Waals surface area contributed by atoms with E-state index >= 15 is 0 Å². The molecule has 0 spiro atoms. The van der Waals surface area contributed by atoms with Gasteiger partial charge in [0.05, 0.1) is 18.8 Å². The van der Waals surface area contributed by atoms with E-state index < -0.39 is 0 Å². The van der Waals surface area contributed by atoms with Crippen molar-refractivity contribution in [3.8, 4) is 6.01 Å². The van der Waals surface area contributed by atoms with Gasteiger partial charge in [-0.3, -0.25) is 5.43 Å². The summed E-state index contributed by atoms with van der Waals surface area (Å²) in [6.45, 7) is 2.73. The first kappa shape index (κ1) is 12.9. The normalized spacial score (nSPS) is 10.0. The van der Waals surface area contributed by atoms with Crippen LogP contribution in [0, 0.1) is 0 Å². The fourth-order valence-corrected chi connectivity index (χ4v) is 1.29. The van der Waals surface area contributed by atoms with Crippen LogP contribution in [-0.4, -0.2) is 31.8 Å². The zero-order valence-corrected chi connectivity index (χ0v) is 10.4. The zero-order valence-electron chi connectivity index (χ0n) is 10.4. The molecule has 0 atom stereocenters. The molecule has 0 aliphatic carbocycles. The Morgan fingerprint density at radius 2 is 2.11 bits per heavy atom. The van der Waals surface area contributed by atoms with Crippen molar-refractivity contribution in [2.24, 2.45) is 5.84 Å². The fourth-order valence-electron chi connectivity index (χ4n) is 1.29. The van der Waals surface area contributed by atoms with Crippen LogP contribution in [0.1, 0.15) is 12.6 Å².